The number of carbonyl (C=O) groups is 1. The zero-order valence-electron chi connectivity index (χ0n) is 10.2. The van der Waals surface area contributed by atoms with Crippen LogP contribution in [0.15, 0.2) is 18.2 Å². The number of rotatable bonds is 5. The van der Waals surface area contributed by atoms with Crippen molar-refractivity contribution in [3.63, 3.8) is 0 Å². The highest BCUT2D eigenvalue weighted by Crippen LogP contribution is 2.26. The van der Waals surface area contributed by atoms with Gasteiger partial charge in [0.05, 0.1) is 0 Å². The normalized spacial score (nSPS) is 12.1. The lowest BCUT2D eigenvalue weighted by Crippen LogP contribution is -2.34. The molecule has 0 radical (unpaired) electrons. The number of hydrogen-bond acceptors (Lipinski definition) is 3. The molecule has 1 unspecified atom stereocenters. The third-order valence-corrected chi connectivity index (χ3v) is 2.71. The van der Waals surface area contributed by atoms with E-state index in [-0.39, 0.29) is 23.1 Å². The summed E-state index contributed by atoms with van der Waals surface area (Å²) in [6.07, 6.45) is 2.69. The van der Waals surface area contributed by atoms with Crippen molar-refractivity contribution in [3.05, 3.63) is 23.8 Å². The second-order valence-electron chi connectivity index (χ2n) is 4.04. The number of hydrogen-bond donors (Lipinski definition) is 3. The van der Waals surface area contributed by atoms with Crippen LogP contribution in [-0.2, 0) is 0 Å². The van der Waals surface area contributed by atoms with E-state index in [2.05, 4.69) is 5.32 Å². The number of phenolic OH excluding ortho intramolecular Hbond substituents is 2. The summed E-state index contributed by atoms with van der Waals surface area (Å²) in [5.74, 6) is -0.830. The van der Waals surface area contributed by atoms with Gasteiger partial charge in [0.15, 0.2) is 0 Å². The smallest absolute Gasteiger partial charge is 0.259 e. The van der Waals surface area contributed by atoms with Crippen molar-refractivity contribution in [1.29, 1.82) is 0 Å². The molecule has 0 saturated heterocycles. The first-order valence-corrected chi connectivity index (χ1v) is 5.91. The van der Waals surface area contributed by atoms with Gasteiger partial charge in [0.25, 0.3) is 5.91 Å². The molecule has 17 heavy (non-hydrogen) atoms. The van der Waals surface area contributed by atoms with Crippen LogP contribution in [0.25, 0.3) is 0 Å². The minimum absolute atomic E-state index is 0.0537. The first-order valence-electron chi connectivity index (χ1n) is 5.91. The van der Waals surface area contributed by atoms with E-state index in [1.165, 1.54) is 18.2 Å². The number of phenols is 2. The van der Waals surface area contributed by atoms with Gasteiger partial charge in [-0.3, -0.25) is 4.79 Å². The minimum Gasteiger partial charge on any atom is -0.507 e. The quantitative estimate of drug-likeness (QED) is 0.736. The molecule has 4 heteroatoms. The van der Waals surface area contributed by atoms with E-state index in [0.717, 1.165) is 19.3 Å². The maximum absolute atomic E-state index is 11.9. The van der Waals surface area contributed by atoms with Gasteiger partial charge in [-0.05, 0) is 25.0 Å². The van der Waals surface area contributed by atoms with Crippen LogP contribution in [0.2, 0.25) is 0 Å². The predicted molar refractivity (Wildman–Crippen MR) is 66.2 cm³/mol. The molecule has 0 saturated carbocycles. The lowest BCUT2D eigenvalue weighted by Gasteiger charge is -2.16. The van der Waals surface area contributed by atoms with Crippen LogP contribution in [0, 0.1) is 0 Å². The Morgan fingerprint density at radius 3 is 2.35 bits per heavy atom. The second-order valence-corrected chi connectivity index (χ2v) is 4.04. The van der Waals surface area contributed by atoms with Crippen LogP contribution in [0.5, 0.6) is 11.5 Å². The Labute approximate surface area is 101 Å². The molecule has 1 atom stereocenters. The van der Waals surface area contributed by atoms with Crippen LogP contribution in [0.3, 0.4) is 0 Å². The number of amides is 1. The summed E-state index contributed by atoms with van der Waals surface area (Å²) in [5, 5.41) is 21.9. The summed E-state index contributed by atoms with van der Waals surface area (Å²) in [5.41, 5.74) is -0.0537. The fraction of sp³-hybridized carbons (Fsp3) is 0.462. The van der Waals surface area contributed by atoms with E-state index < -0.39 is 5.91 Å². The highest BCUT2D eigenvalue weighted by atomic mass is 16.3. The SMILES string of the molecule is CCCC(CC)NC(=O)c1c(O)cccc1O. The van der Waals surface area contributed by atoms with Gasteiger partial charge in [-0.15, -0.1) is 0 Å². The van der Waals surface area contributed by atoms with E-state index in [1.807, 2.05) is 13.8 Å². The maximum atomic E-state index is 11.9. The molecule has 0 spiro atoms. The van der Waals surface area contributed by atoms with Crippen molar-refractivity contribution in [2.24, 2.45) is 0 Å². The third-order valence-electron chi connectivity index (χ3n) is 2.71. The van der Waals surface area contributed by atoms with Crippen molar-refractivity contribution < 1.29 is 15.0 Å². The number of aromatic hydroxyl groups is 2. The molecule has 1 aromatic carbocycles. The molecule has 1 amide bonds. The van der Waals surface area contributed by atoms with Crippen molar-refractivity contribution in [2.75, 3.05) is 0 Å². The lowest BCUT2D eigenvalue weighted by molar-refractivity contribution is 0.0928. The van der Waals surface area contributed by atoms with Gasteiger partial charge in [-0.25, -0.2) is 0 Å². The van der Waals surface area contributed by atoms with Gasteiger partial charge in [0.2, 0.25) is 0 Å². The summed E-state index contributed by atoms with van der Waals surface area (Å²) in [7, 11) is 0. The van der Waals surface area contributed by atoms with Crippen molar-refractivity contribution in [3.8, 4) is 11.5 Å². The van der Waals surface area contributed by atoms with Crippen molar-refractivity contribution >= 4 is 5.91 Å². The Morgan fingerprint density at radius 2 is 1.88 bits per heavy atom. The second kappa shape index (κ2) is 6.13. The average molecular weight is 237 g/mol. The molecular formula is C13H19NO3. The molecule has 0 bridgehead atoms. The average Bonchev–Trinajstić information content (AvgIpc) is 2.28. The van der Waals surface area contributed by atoms with Gasteiger partial charge in [0.1, 0.15) is 17.1 Å². The Hall–Kier alpha value is -1.71. The minimum atomic E-state index is -0.430. The highest BCUT2D eigenvalue weighted by molar-refractivity contribution is 5.99. The lowest BCUT2D eigenvalue weighted by atomic mass is 10.1. The molecule has 4 nitrogen and oxygen atoms in total. The Kier molecular flexibility index (Phi) is 4.82. The van der Waals surface area contributed by atoms with E-state index in [4.69, 9.17) is 0 Å². The monoisotopic (exact) mass is 237 g/mol. The zero-order valence-corrected chi connectivity index (χ0v) is 10.2. The van der Waals surface area contributed by atoms with E-state index in [1.54, 1.807) is 0 Å². The van der Waals surface area contributed by atoms with Crippen LogP contribution in [0.4, 0.5) is 0 Å². The number of benzene rings is 1. The van der Waals surface area contributed by atoms with Gasteiger partial charge < -0.3 is 15.5 Å². The first-order chi connectivity index (χ1) is 8.10. The number of carbonyl (C=O) groups excluding carboxylic acids is 1. The summed E-state index contributed by atoms with van der Waals surface area (Å²) in [4.78, 5) is 11.9. The van der Waals surface area contributed by atoms with Crippen LogP contribution in [-0.4, -0.2) is 22.2 Å². The van der Waals surface area contributed by atoms with Gasteiger partial charge in [-0.1, -0.05) is 26.3 Å². The van der Waals surface area contributed by atoms with E-state index in [9.17, 15) is 15.0 Å². The van der Waals surface area contributed by atoms with E-state index in [0.29, 0.717) is 0 Å². The molecule has 1 rings (SSSR count). The first kappa shape index (κ1) is 13.4. The number of nitrogens with one attached hydrogen (secondary N) is 1. The molecule has 1 aromatic rings. The largest absolute Gasteiger partial charge is 0.507 e. The van der Waals surface area contributed by atoms with Crippen LogP contribution in [0.1, 0.15) is 43.5 Å². The zero-order chi connectivity index (χ0) is 12.8. The fourth-order valence-electron chi connectivity index (χ4n) is 1.75. The fourth-order valence-corrected chi connectivity index (χ4v) is 1.75. The molecular weight excluding hydrogens is 218 g/mol. The van der Waals surface area contributed by atoms with Gasteiger partial charge in [-0.2, -0.15) is 0 Å². The summed E-state index contributed by atoms with van der Waals surface area (Å²) < 4.78 is 0. The van der Waals surface area contributed by atoms with Crippen LogP contribution >= 0.6 is 0 Å². The van der Waals surface area contributed by atoms with E-state index >= 15 is 0 Å². The molecule has 0 aromatic heterocycles. The summed E-state index contributed by atoms with van der Waals surface area (Å²) in [6, 6.07) is 4.33. The molecule has 0 aliphatic heterocycles. The predicted octanol–water partition coefficient (Wildman–Crippen LogP) is 2.41. The molecule has 0 aliphatic carbocycles. The molecule has 0 fully saturated rings. The summed E-state index contributed by atoms with van der Waals surface area (Å²) in [6.45, 7) is 4.04. The molecule has 94 valence electrons. The van der Waals surface area contributed by atoms with Crippen molar-refractivity contribution in [1.82, 2.24) is 5.32 Å². The Balaban J connectivity index is 2.82. The topological polar surface area (TPSA) is 69.6 Å². The highest BCUT2D eigenvalue weighted by Gasteiger charge is 2.18. The van der Waals surface area contributed by atoms with Crippen molar-refractivity contribution in [2.45, 2.75) is 39.2 Å². The van der Waals surface area contributed by atoms with Crippen LogP contribution < -0.4 is 5.32 Å². The molecule has 0 heterocycles. The van der Waals surface area contributed by atoms with Gasteiger partial charge >= 0.3 is 0 Å². The Morgan fingerprint density at radius 1 is 1.29 bits per heavy atom. The Bertz CT molecular complexity index is 370. The standard InChI is InChI=1S/C13H19NO3/c1-3-6-9(4-2)14-13(17)12-10(15)7-5-8-11(12)16/h5,7-9,15-16H,3-4,6H2,1-2H3,(H,14,17). The molecule has 3 N–H and O–H groups in total. The maximum Gasteiger partial charge on any atom is 0.259 e. The molecule has 0 aliphatic rings. The third kappa shape index (κ3) is 3.37. The summed E-state index contributed by atoms with van der Waals surface area (Å²) >= 11 is 0. The van der Waals surface area contributed by atoms with Gasteiger partial charge in [0, 0.05) is 6.04 Å².